The molecule has 8 aromatic rings. The van der Waals surface area contributed by atoms with Gasteiger partial charge in [0.1, 0.15) is 0 Å². The zero-order valence-corrected chi connectivity index (χ0v) is 38.3. The van der Waals surface area contributed by atoms with E-state index in [9.17, 15) is 0 Å². The van der Waals surface area contributed by atoms with Crippen LogP contribution in [0.4, 0.5) is 22.7 Å². The van der Waals surface area contributed by atoms with Gasteiger partial charge in [0.05, 0.1) is 6.04 Å². The predicted molar refractivity (Wildman–Crippen MR) is 289 cm³/mol. The zero-order valence-electron chi connectivity index (χ0n) is 38.3. The fraction of sp³-hybridized carbons (Fsp3) is 0.0909. The summed E-state index contributed by atoms with van der Waals surface area (Å²) in [5, 5.41) is 0. The molecule has 328 valence electrons. The number of allylic oxidation sites excluding steroid dienone is 9. The largest absolute Gasteiger partial charge is 0.335 e. The topological polar surface area (TPSA) is 6.48 Å². The van der Waals surface area contributed by atoms with Gasteiger partial charge in [-0.2, -0.15) is 0 Å². The maximum Gasteiger partial charge on any atom is 0.0560 e. The lowest BCUT2D eigenvalue weighted by atomic mass is 9.90. The smallest absolute Gasteiger partial charge is 0.0560 e. The Bertz CT molecular complexity index is 3170. The lowest BCUT2D eigenvalue weighted by Gasteiger charge is -2.35. The van der Waals surface area contributed by atoms with Crippen LogP contribution in [0.3, 0.4) is 0 Å². The molecule has 0 fully saturated rings. The Morgan fingerprint density at radius 2 is 0.912 bits per heavy atom. The molecule has 3 aliphatic rings. The normalized spacial score (nSPS) is 16.4. The Labute approximate surface area is 402 Å². The van der Waals surface area contributed by atoms with E-state index in [1.807, 2.05) is 0 Å². The third kappa shape index (κ3) is 9.27. The van der Waals surface area contributed by atoms with Crippen LogP contribution in [0, 0.1) is 0 Å². The number of hydrogen-bond acceptors (Lipinski definition) is 2. The van der Waals surface area contributed by atoms with E-state index >= 15 is 0 Å². The van der Waals surface area contributed by atoms with Gasteiger partial charge in [0, 0.05) is 34.4 Å². The van der Waals surface area contributed by atoms with E-state index in [2.05, 4.69) is 277 Å². The van der Waals surface area contributed by atoms with Crippen LogP contribution in [0.5, 0.6) is 0 Å². The van der Waals surface area contributed by atoms with E-state index in [0.29, 0.717) is 0 Å². The highest BCUT2D eigenvalue weighted by Gasteiger charge is 2.24. The highest BCUT2D eigenvalue weighted by atomic mass is 15.2. The molecule has 8 aromatic carbocycles. The molecule has 2 heteroatoms. The van der Waals surface area contributed by atoms with Crippen molar-refractivity contribution in [2.75, 3.05) is 9.80 Å². The van der Waals surface area contributed by atoms with Gasteiger partial charge in [-0.05, 0) is 148 Å². The van der Waals surface area contributed by atoms with E-state index in [-0.39, 0.29) is 12.0 Å². The summed E-state index contributed by atoms with van der Waals surface area (Å²) in [6, 6.07) is 77.4. The Morgan fingerprint density at radius 1 is 0.397 bits per heavy atom. The Morgan fingerprint density at radius 3 is 1.44 bits per heavy atom. The van der Waals surface area contributed by atoms with Gasteiger partial charge in [0.25, 0.3) is 0 Å². The number of anilines is 4. The van der Waals surface area contributed by atoms with Gasteiger partial charge < -0.3 is 9.80 Å². The van der Waals surface area contributed by atoms with Crippen LogP contribution in [-0.4, -0.2) is 6.04 Å². The monoisotopic (exact) mass is 874 g/mol. The van der Waals surface area contributed by atoms with Crippen molar-refractivity contribution in [3.8, 4) is 33.4 Å². The standard InChI is InChI=1S/C66H54N2/c1-5-14-49(15-6-1)53-24-36-61(37-25-53)67(62-38-26-54(27-39-62)50-16-7-2-8-17-50)64-42-30-56(31-43-64)57-32-44-65(45-33-57)68(63-40-28-55(29-41-63)51-18-9-3-10-19-51)66-46-34-58(35-47-66)60-23-13-22-59(48-60)52-20-11-4-12-21-52/h1-7,9-16,18-32,34-46,48,57,66H,8,17,33,47H2. The van der Waals surface area contributed by atoms with Crippen LogP contribution in [-0.2, 0) is 0 Å². The molecule has 0 N–H and O–H groups in total. The number of rotatable bonds is 12. The molecule has 2 atom stereocenters. The van der Waals surface area contributed by atoms with E-state index < -0.39 is 0 Å². The van der Waals surface area contributed by atoms with Crippen LogP contribution in [0.1, 0.15) is 48.3 Å². The molecular formula is C66H54N2. The van der Waals surface area contributed by atoms with Gasteiger partial charge in [-0.15, -0.1) is 0 Å². The van der Waals surface area contributed by atoms with Crippen molar-refractivity contribution >= 4 is 33.9 Å². The van der Waals surface area contributed by atoms with E-state index in [0.717, 1.165) is 42.7 Å². The maximum absolute atomic E-state index is 2.53. The van der Waals surface area contributed by atoms with Crippen molar-refractivity contribution in [2.45, 2.75) is 37.6 Å². The average Bonchev–Trinajstić information content (AvgIpc) is 3.43. The van der Waals surface area contributed by atoms with Gasteiger partial charge in [0.2, 0.25) is 0 Å². The van der Waals surface area contributed by atoms with Crippen molar-refractivity contribution in [2.24, 2.45) is 0 Å². The quantitative estimate of drug-likeness (QED) is 0.121. The summed E-state index contributed by atoms with van der Waals surface area (Å²) >= 11 is 0. The molecule has 0 bridgehead atoms. The summed E-state index contributed by atoms with van der Waals surface area (Å²) in [4.78, 5) is 4.91. The van der Waals surface area contributed by atoms with Crippen LogP contribution in [0.2, 0.25) is 0 Å². The highest BCUT2D eigenvalue weighted by Crippen LogP contribution is 2.40. The van der Waals surface area contributed by atoms with Crippen LogP contribution in [0.25, 0.3) is 44.5 Å². The van der Waals surface area contributed by atoms with Crippen molar-refractivity contribution in [1.29, 1.82) is 0 Å². The van der Waals surface area contributed by atoms with Crippen molar-refractivity contribution in [3.05, 3.63) is 289 Å². The lowest BCUT2D eigenvalue weighted by Crippen LogP contribution is -2.34. The van der Waals surface area contributed by atoms with E-state index in [1.54, 1.807) is 0 Å². The second-order valence-electron chi connectivity index (χ2n) is 17.9. The summed E-state index contributed by atoms with van der Waals surface area (Å²) in [7, 11) is 0. The third-order valence-electron chi connectivity index (χ3n) is 13.6. The van der Waals surface area contributed by atoms with Crippen LogP contribution in [0.15, 0.2) is 273 Å². The molecule has 0 saturated heterocycles. The minimum atomic E-state index is 0.170. The van der Waals surface area contributed by atoms with Gasteiger partial charge in [-0.3, -0.25) is 0 Å². The molecule has 0 saturated carbocycles. The molecule has 0 amide bonds. The molecule has 0 radical (unpaired) electrons. The van der Waals surface area contributed by atoms with Crippen LogP contribution >= 0.6 is 0 Å². The van der Waals surface area contributed by atoms with Crippen LogP contribution < -0.4 is 9.80 Å². The number of benzene rings is 8. The number of hydrogen-bond donors (Lipinski definition) is 0. The molecule has 2 nitrogen and oxygen atoms in total. The second kappa shape index (κ2) is 19.7. The fourth-order valence-corrected chi connectivity index (χ4v) is 9.95. The first kappa shape index (κ1) is 42.4. The maximum atomic E-state index is 2.53. The molecular weight excluding hydrogens is 821 g/mol. The first-order valence-electron chi connectivity index (χ1n) is 24.1. The summed E-state index contributed by atoms with van der Waals surface area (Å²) in [6.45, 7) is 0. The Hall–Kier alpha value is -8.20. The summed E-state index contributed by atoms with van der Waals surface area (Å²) in [6.07, 6.45) is 25.0. The average molecular weight is 875 g/mol. The van der Waals surface area contributed by atoms with E-state index in [4.69, 9.17) is 0 Å². The fourth-order valence-electron chi connectivity index (χ4n) is 9.95. The van der Waals surface area contributed by atoms with Gasteiger partial charge in [-0.25, -0.2) is 0 Å². The molecule has 2 unspecified atom stereocenters. The minimum Gasteiger partial charge on any atom is -0.335 e. The summed E-state index contributed by atoms with van der Waals surface area (Å²) < 4.78 is 0. The predicted octanol–water partition coefficient (Wildman–Crippen LogP) is 17.7. The molecule has 0 aliphatic heterocycles. The minimum absolute atomic E-state index is 0.170. The molecule has 0 heterocycles. The van der Waals surface area contributed by atoms with Gasteiger partial charge in [-0.1, -0.05) is 206 Å². The molecule has 11 rings (SSSR count). The molecule has 0 aromatic heterocycles. The van der Waals surface area contributed by atoms with Crippen molar-refractivity contribution in [1.82, 2.24) is 0 Å². The third-order valence-corrected chi connectivity index (χ3v) is 13.6. The van der Waals surface area contributed by atoms with Gasteiger partial charge in [0.15, 0.2) is 0 Å². The second-order valence-corrected chi connectivity index (χ2v) is 17.9. The van der Waals surface area contributed by atoms with Gasteiger partial charge >= 0.3 is 0 Å². The summed E-state index contributed by atoms with van der Waals surface area (Å²) in [5.41, 5.74) is 19.7. The SMILES string of the molecule is C1=CCCC(c2ccc(N(c3ccc(-c4ccccc4)cc3)c3ccc(C4C=CC(N(c5ccc(-c6ccccc6)cc5)C5C=CC(c6cccc(-c7ccccc7)c6)=CC5)=CC4)cc3)cc2)=C1. The Balaban J connectivity index is 0.854. The van der Waals surface area contributed by atoms with Crippen molar-refractivity contribution < 1.29 is 0 Å². The summed E-state index contributed by atoms with van der Waals surface area (Å²) in [5.74, 6) is 0.274. The molecule has 68 heavy (non-hydrogen) atoms. The first-order chi connectivity index (χ1) is 33.7. The number of nitrogens with zero attached hydrogens (tertiary/aromatic N) is 2. The first-order valence-corrected chi connectivity index (χ1v) is 24.1. The van der Waals surface area contributed by atoms with Crippen molar-refractivity contribution in [3.63, 3.8) is 0 Å². The highest BCUT2D eigenvalue weighted by molar-refractivity contribution is 5.81. The molecule has 0 spiro atoms. The van der Waals surface area contributed by atoms with E-state index in [1.165, 1.54) is 72.6 Å². The lowest BCUT2D eigenvalue weighted by molar-refractivity contribution is 0.746. The Kier molecular flexibility index (Phi) is 12.3. The zero-order chi connectivity index (χ0) is 45.5. The molecule has 3 aliphatic carbocycles.